The fourth-order valence-electron chi connectivity index (χ4n) is 3.07. The smallest absolute Gasteiger partial charge is 0.317 e. The molecule has 3 amide bonds. The Labute approximate surface area is 146 Å². The van der Waals surface area contributed by atoms with Gasteiger partial charge in [0, 0.05) is 37.1 Å². The number of nitrogens with two attached hydrogens (primary N) is 1. The number of amides is 3. The Hall–Kier alpha value is -2.83. The number of hydrogen-bond donors (Lipinski definition) is 2. The number of nitrogens with one attached hydrogen (secondary N) is 1. The number of piperidine rings is 1. The molecule has 1 aromatic heterocycles. The van der Waals surface area contributed by atoms with Crippen LogP contribution in [0, 0.1) is 5.92 Å². The first kappa shape index (κ1) is 17.0. The zero-order chi connectivity index (χ0) is 17.8. The first-order valence-electron chi connectivity index (χ1n) is 8.47. The second-order valence-corrected chi connectivity index (χ2v) is 6.40. The average Bonchev–Trinajstić information content (AvgIpc) is 3.16. The monoisotopic (exact) mass is 341 g/mol. The van der Waals surface area contributed by atoms with Gasteiger partial charge < -0.3 is 20.5 Å². The summed E-state index contributed by atoms with van der Waals surface area (Å²) in [7, 11) is 0. The second kappa shape index (κ2) is 7.38. The molecule has 132 valence electrons. The molecular weight excluding hydrogens is 318 g/mol. The summed E-state index contributed by atoms with van der Waals surface area (Å²) in [4.78, 5) is 29.4. The molecule has 0 aliphatic carbocycles. The van der Waals surface area contributed by atoms with E-state index in [1.165, 1.54) is 0 Å². The van der Waals surface area contributed by atoms with Crippen molar-refractivity contribution in [2.45, 2.75) is 25.8 Å². The summed E-state index contributed by atoms with van der Waals surface area (Å²) in [5.74, 6) is -0.386. The van der Waals surface area contributed by atoms with E-state index < -0.39 is 0 Å². The van der Waals surface area contributed by atoms with Crippen molar-refractivity contribution in [3.63, 3.8) is 0 Å². The first-order chi connectivity index (χ1) is 12.0. The third-order valence-electron chi connectivity index (χ3n) is 4.72. The minimum Gasteiger partial charge on any atom is -0.369 e. The maximum atomic E-state index is 12.4. The van der Waals surface area contributed by atoms with Crippen LogP contribution >= 0.6 is 0 Å². The van der Waals surface area contributed by atoms with Crippen LogP contribution in [0.15, 0.2) is 43.0 Å². The highest BCUT2D eigenvalue weighted by molar-refractivity contribution is 5.78. The Morgan fingerprint density at radius 2 is 1.92 bits per heavy atom. The molecule has 0 saturated carbocycles. The van der Waals surface area contributed by atoms with Gasteiger partial charge in [-0.2, -0.15) is 0 Å². The molecule has 2 aromatic rings. The van der Waals surface area contributed by atoms with Gasteiger partial charge in [0.1, 0.15) is 0 Å². The number of nitrogens with zero attached hydrogens (tertiary/aromatic N) is 3. The van der Waals surface area contributed by atoms with E-state index in [4.69, 9.17) is 5.73 Å². The Bertz CT molecular complexity index is 718. The van der Waals surface area contributed by atoms with Crippen LogP contribution in [0.5, 0.6) is 0 Å². The lowest BCUT2D eigenvalue weighted by molar-refractivity contribution is -0.123. The van der Waals surface area contributed by atoms with Crippen molar-refractivity contribution in [1.29, 1.82) is 0 Å². The molecule has 7 heteroatoms. The lowest BCUT2D eigenvalue weighted by Gasteiger charge is -2.31. The minimum atomic E-state index is -0.272. The lowest BCUT2D eigenvalue weighted by Crippen LogP contribution is -2.46. The Balaban J connectivity index is 1.56. The van der Waals surface area contributed by atoms with Crippen molar-refractivity contribution in [2.24, 2.45) is 11.7 Å². The number of rotatable bonds is 4. The first-order valence-corrected chi connectivity index (χ1v) is 8.47. The molecule has 1 fully saturated rings. The van der Waals surface area contributed by atoms with Crippen molar-refractivity contribution in [1.82, 2.24) is 19.8 Å². The fraction of sp³-hybridized carbons (Fsp3) is 0.389. The molecular formula is C18H23N5O2. The van der Waals surface area contributed by atoms with E-state index in [1.807, 2.05) is 42.0 Å². The Morgan fingerprint density at radius 1 is 1.24 bits per heavy atom. The summed E-state index contributed by atoms with van der Waals surface area (Å²) in [5, 5.41) is 3.02. The summed E-state index contributed by atoms with van der Waals surface area (Å²) < 4.78 is 1.93. The quantitative estimate of drug-likeness (QED) is 0.888. The number of aromatic nitrogens is 2. The lowest BCUT2D eigenvalue weighted by atomic mass is 9.96. The largest absolute Gasteiger partial charge is 0.369 e. The van der Waals surface area contributed by atoms with Gasteiger partial charge in [-0.1, -0.05) is 12.1 Å². The van der Waals surface area contributed by atoms with Crippen molar-refractivity contribution >= 4 is 11.9 Å². The molecule has 25 heavy (non-hydrogen) atoms. The van der Waals surface area contributed by atoms with Gasteiger partial charge in [-0.3, -0.25) is 4.79 Å². The highest BCUT2D eigenvalue weighted by Gasteiger charge is 2.26. The van der Waals surface area contributed by atoms with Crippen LogP contribution < -0.4 is 11.1 Å². The molecule has 0 spiro atoms. The summed E-state index contributed by atoms with van der Waals surface area (Å²) in [6.07, 6.45) is 6.64. The number of primary amides is 1. The molecule has 0 radical (unpaired) electrons. The number of imidazole rings is 1. The molecule has 7 nitrogen and oxygen atoms in total. The van der Waals surface area contributed by atoms with E-state index in [1.54, 1.807) is 17.4 Å². The van der Waals surface area contributed by atoms with Gasteiger partial charge in [-0.25, -0.2) is 9.78 Å². The van der Waals surface area contributed by atoms with E-state index in [2.05, 4.69) is 10.3 Å². The summed E-state index contributed by atoms with van der Waals surface area (Å²) in [5.41, 5.74) is 7.38. The highest BCUT2D eigenvalue weighted by atomic mass is 16.2. The minimum absolute atomic E-state index is 0.0989. The van der Waals surface area contributed by atoms with Crippen molar-refractivity contribution in [2.75, 3.05) is 13.1 Å². The predicted octanol–water partition coefficient (Wildman–Crippen LogP) is 1.84. The van der Waals surface area contributed by atoms with Gasteiger partial charge in [-0.15, -0.1) is 0 Å². The molecule has 1 aliphatic heterocycles. The number of urea groups is 1. The zero-order valence-electron chi connectivity index (χ0n) is 14.3. The normalized spacial score (nSPS) is 16.4. The van der Waals surface area contributed by atoms with E-state index in [-0.39, 0.29) is 23.9 Å². The van der Waals surface area contributed by atoms with E-state index in [0.717, 1.165) is 11.3 Å². The SMILES string of the molecule is C[C@H](NC(=O)N1CCC(C(N)=O)CC1)c1ccc(-n2ccnc2)cc1. The average molecular weight is 341 g/mol. The van der Waals surface area contributed by atoms with Gasteiger partial charge in [0.25, 0.3) is 0 Å². The number of benzene rings is 1. The van der Waals surface area contributed by atoms with Crippen LogP contribution in [0.25, 0.3) is 5.69 Å². The molecule has 1 aliphatic rings. The number of likely N-dealkylation sites (tertiary alicyclic amines) is 1. The molecule has 1 atom stereocenters. The summed E-state index contributed by atoms with van der Waals surface area (Å²) >= 11 is 0. The molecule has 3 N–H and O–H groups in total. The standard InChI is InChI=1S/C18H23N5O2/c1-13(14-2-4-16(5-3-14)23-11-8-20-12-23)21-18(25)22-9-6-15(7-10-22)17(19)24/h2-5,8,11-13,15H,6-7,9-10H2,1H3,(H2,19,24)(H,21,25)/t13-/m0/s1. The number of carbonyl (C=O) groups excluding carboxylic acids is 2. The maximum Gasteiger partial charge on any atom is 0.317 e. The maximum absolute atomic E-state index is 12.4. The molecule has 0 unspecified atom stereocenters. The van der Waals surface area contributed by atoms with Gasteiger partial charge in [0.2, 0.25) is 5.91 Å². The van der Waals surface area contributed by atoms with Gasteiger partial charge in [-0.05, 0) is 37.5 Å². The van der Waals surface area contributed by atoms with Crippen LogP contribution in [-0.4, -0.2) is 39.5 Å². The zero-order valence-corrected chi connectivity index (χ0v) is 14.3. The van der Waals surface area contributed by atoms with Gasteiger partial charge >= 0.3 is 6.03 Å². The van der Waals surface area contributed by atoms with E-state index in [0.29, 0.717) is 25.9 Å². The second-order valence-electron chi connectivity index (χ2n) is 6.40. The topological polar surface area (TPSA) is 93.3 Å². The van der Waals surface area contributed by atoms with Crippen LogP contribution in [0.3, 0.4) is 0 Å². The van der Waals surface area contributed by atoms with E-state index >= 15 is 0 Å². The van der Waals surface area contributed by atoms with Crippen LogP contribution in [0.4, 0.5) is 4.79 Å². The van der Waals surface area contributed by atoms with Crippen LogP contribution in [0.1, 0.15) is 31.4 Å². The third kappa shape index (κ3) is 3.99. The number of hydrogen-bond acceptors (Lipinski definition) is 3. The third-order valence-corrected chi connectivity index (χ3v) is 4.72. The van der Waals surface area contributed by atoms with Crippen molar-refractivity contribution < 1.29 is 9.59 Å². The summed E-state index contributed by atoms with van der Waals surface area (Å²) in [6, 6.07) is 7.79. The predicted molar refractivity (Wildman–Crippen MR) is 94.0 cm³/mol. The molecule has 1 saturated heterocycles. The molecule has 0 bridgehead atoms. The van der Waals surface area contributed by atoms with Crippen molar-refractivity contribution in [3.8, 4) is 5.69 Å². The highest BCUT2D eigenvalue weighted by Crippen LogP contribution is 2.19. The van der Waals surface area contributed by atoms with Gasteiger partial charge in [0.05, 0.1) is 12.4 Å². The Kier molecular flexibility index (Phi) is 5.02. The number of carbonyl (C=O) groups is 2. The van der Waals surface area contributed by atoms with Crippen LogP contribution in [-0.2, 0) is 4.79 Å². The Morgan fingerprint density at radius 3 is 2.48 bits per heavy atom. The van der Waals surface area contributed by atoms with Crippen molar-refractivity contribution in [3.05, 3.63) is 48.5 Å². The summed E-state index contributed by atoms with van der Waals surface area (Å²) in [6.45, 7) is 3.08. The molecule has 3 rings (SSSR count). The van der Waals surface area contributed by atoms with Gasteiger partial charge in [0.15, 0.2) is 0 Å². The molecule has 1 aromatic carbocycles. The fourth-order valence-corrected chi connectivity index (χ4v) is 3.07. The van der Waals surface area contributed by atoms with E-state index in [9.17, 15) is 9.59 Å². The molecule has 2 heterocycles. The van der Waals surface area contributed by atoms with Crippen LogP contribution in [0.2, 0.25) is 0 Å².